The zero-order chi connectivity index (χ0) is 38.4. The standard InChI is InChI=1S/C56H48N2/c1-3-18-39(19-4-1)53-54(40-20-5-2-6-21-40)57-56(58-55(53)52-36-43-23-10-12-26-48(43)50-27-13-14-28-51(50)52)46-34-44(42-31-30-37-16-7-8-22-41(37)32-42)33-45(35-46)49-29-15-24-38-17-9-11-25-47(38)49/h1-7,9-21,23-29,32-36,47-52,56,58H,8,22,30-31H2. The molecule has 1 aliphatic heterocycles. The zero-order valence-corrected chi connectivity index (χ0v) is 32.8. The Morgan fingerprint density at radius 1 is 0.534 bits per heavy atom. The first-order chi connectivity index (χ1) is 28.7. The Morgan fingerprint density at radius 2 is 1.24 bits per heavy atom. The zero-order valence-electron chi connectivity index (χ0n) is 32.8. The van der Waals surface area contributed by atoms with Crippen molar-refractivity contribution in [1.82, 2.24) is 5.32 Å². The molecule has 3 aromatic rings. The molecule has 7 aliphatic carbocycles. The van der Waals surface area contributed by atoms with Gasteiger partial charge in [0.2, 0.25) is 0 Å². The summed E-state index contributed by atoms with van der Waals surface area (Å²) in [6.07, 6.45) is 48.5. The Hall–Kier alpha value is -6.25. The van der Waals surface area contributed by atoms with E-state index >= 15 is 0 Å². The van der Waals surface area contributed by atoms with Crippen LogP contribution < -0.4 is 5.32 Å². The molecule has 0 radical (unpaired) electrons. The highest BCUT2D eigenvalue weighted by molar-refractivity contribution is 6.33. The predicted molar refractivity (Wildman–Crippen MR) is 242 cm³/mol. The molecule has 1 heterocycles. The summed E-state index contributed by atoms with van der Waals surface area (Å²) in [5, 5.41) is 4.23. The fraction of sp³-hybridized carbons (Fsp3) is 0.196. The van der Waals surface area contributed by atoms with Crippen molar-refractivity contribution in [3.05, 3.63) is 250 Å². The summed E-state index contributed by atoms with van der Waals surface area (Å²) in [6, 6.07) is 29.3. The van der Waals surface area contributed by atoms with Crippen LogP contribution >= 0.6 is 0 Å². The van der Waals surface area contributed by atoms with Crippen molar-refractivity contribution in [2.45, 2.75) is 37.8 Å². The molecule has 0 aromatic heterocycles. The first kappa shape index (κ1) is 35.0. The summed E-state index contributed by atoms with van der Waals surface area (Å²) in [6.45, 7) is 0. The fourth-order valence-electron chi connectivity index (χ4n) is 10.7. The molecule has 0 spiro atoms. The van der Waals surface area contributed by atoms with Crippen molar-refractivity contribution in [1.29, 1.82) is 0 Å². The minimum atomic E-state index is -0.281. The number of nitrogens with zero attached hydrogens (tertiary/aromatic N) is 1. The summed E-state index contributed by atoms with van der Waals surface area (Å²) < 4.78 is 0. The lowest BCUT2D eigenvalue weighted by Gasteiger charge is -2.43. The Bertz CT molecular complexity index is 2600. The number of allylic oxidation sites excluding steroid dienone is 25. The molecule has 282 valence electrons. The third-order valence-corrected chi connectivity index (χ3v) is 13.5. The van der Waals surface area contributed by atoms with Crippen LogP contribution in [0.15, 0.2) is 227 Å². The topological polar surface area (TPSA) is 24.4 Å². The van der Waals surface area contributed by atoms with Gasteiger partial charge in [-0.3, -0.25) is 4.99 Å². The monoisotopic (exact) mass is 748 g/mol. The quantitative estimate of drug-likeness (QED) is 0.267. The smallest absolute Gasteiger partial charge is 0.145 e. The highest BCUT2D eigenvalue weighted by Crippen LogP contribution is 2.49. The van der Waals surface area contributed by atoms with Gasteiger partial charge in [-0.25, -0.2) is 0 Å². The Labute approximate surface area is 343 Å². The maximum absolute atomic E-state index is 5.81. The number of aliphatic imine (C=N–C) groups is 1. The van der Waals surface area contributed by atoms with Crippen LogP contribution in [0.1, 0.15) is 65.6 Å². The molecule has 0 saturated carbocycles. The molecule has 0 saturated heterocycles. The van der Waals surface area contributed by atoms with Crippen molar-refractivity contribution >= 4 is 16.9 Å². The predicted octanol–water partition coefficient (Wildman–Crippen LogP) is 13.0. The second kappa shape index (κ2) is 14.9. The molecule has 7 unspecified atom stereocenters. The average molecular weight is 749 g/mol. The van der Waals surface area contributed by atoms with Crippen molar-refractivity contribution in [2.75, 3.05) is 0 Å². The van der Waals surface area contributed by atoms with Gasteiger partial charge in [0.05, 0.1) is 5.71 Å². The van der Waals surface area contributed by atoms with Gasteiger partial charge in [0.25, 0.3) is 0 Å². The lowest BCUT2D eigenvalue weighted by molar-refractivity contribution is 0.318. The molecule has 3 aromatic carbocycles. The van der Waals surface area contributed by atoms with E-state index in [-0.39, 0.29) is 18.0 Å². The molecule has 2 heteroatoms. The number of hydrogen-bond donors (Lipinski definition) is 1. The molecule has 11 rings (SSSR count). The molecule has 8 aliphatic rings. The second-order valence-electron chi connectivity index (χ2n) is 16.8. The van der Waals surface area contributed by atoms with Crippen LogP contribution in [-0.4, -0.2) is 5.71 Å². The fourth-order valence-corrected chi connectivity index (χ4v) is 10.7. The van der Waals surface area contributed by atoms with Gasteiger partial charge in [0, 0.05) is 40.5 Å². The first-order valence-electron chi connectivity index (χ1n) is 21.3. The molecule has 0 amide bonds. The largest absolute Gasteiger partial charge is 0.362 e. The summed E-state index contributed by atoms with van der Waals surface area (Å²) in [7, 11) is 0. The SMILES string of the molecule is C1=CC2=CC=CC(c3cc(C4=CC5=C(C=CCC5)CC4)cc(C4N=C(c5ccccc5)C(c5ccccc5)=C(C5C=C6C=CC=CC6C6C=CC=CC56)N4)c3)C2C=C1. The van der Waals surface area contributed by atoms with E-state index in [0.717, 1.165) is 37.0 Å². The van der Waals surface area contributed by atoms with E-state index in [0.29, 0.717) is 23.7 Å². The molecule has 1 N–H and O–H groups in total. The van der Waals surface area contributed by atoms with E-state index in [9.17, 15) is 0 Å². The van der Waals surface area contributed by atoms with Gasteiger partial charge >= 0.3 is 0 Å². The highest BCUT2D eigenvalue weighted by Gasteiger charge is 2.42. The second-order valence-corrected chi connectivity index (χ2v) is 16.8. The van der Waals surface area contributed by atoms with Crippen LogP contribution in [0.3, 0.4) is 0 Å². The summed E-state index contributed by atoms with van der Waals surface area (Å²) in [5.41, 5.74) is 17.0. The van der Waals surface area contributed by atoms with E-state index < -0.39 is 0 Å². The molecule has 7 atom stereocenters. The maximum Gasteiger partial charge on any atom is 0.145 e. The van der Waals surface area contributed by atoms with Crippen LogP contribution in [0.25, 0.3) is 11.1 Å². The number of fused-ring (bicyclic) bond motifs is 4. The van der Waals surface area contributed by atoms with Crippen LogP contribution in [0.5, 0.6) is 0 Å². The Morgan fingerprint density at radius 3 is 2.07 bits per heavy atom. The van der Waals surface area contributed by atoms with Gasteiger partial charge in [-0.15, -0.1) is 0 Å². The van der Waals surface area contributed by atoms with Crippen molar-refractivity contribution in [2.24, 2.45) is 34.6 Å². The van der Waals surface area contributed by atoms with E-state index in [1.807, 2.05) is 0 Å². The van der Waals surface area contributed by atoms with E-state index in [1.54, 1.807) is 0 Å². The maximum atomic E-state index is 5.81. The molecule has 2 nitrogen and oxygen atoms in total. The Kier molecular flexibility index (Phi) is 8.99. The number of rotatable bonds is 6. The third kappa shape index (κ3) is 6.32. The molecular weight excluding hydrogens is 701 g/mol. The third-order valence-electron chi connectivity index (χ3n) is 13.5. The lowest BCUT2D eigenvalue weighted by atomic mass is 9.63. The Balaban J connectivity index is 1.11. The van der Waals surface area contributed by atoms with Crippen LogP contribution in [0.4, 0.5) is 0 Å². The van der Waals surface area contributed by atoms with Crippen molar-refractivity contribution in [3.63, 3.8) is 0 Å². The number of hydrogen-bond acceptors (Lipinski definition) is 2. The summed E-state index contributed by atoms with van der Waals surface area (Å²) >= 11 is 0. The minimum Gasteiger partial charge on any atom is -0.362 e. The molecular formula is C56H48N2. The lowest BCUT2D eigenvalue weighted by Crippen LogP contribution is -2.39. The highest BCUT2D eigenvalue weighted by atomic mass is 15.1. The van der Waals surface area contributed by atoms with E-state index in [1.165, 1.54) is 61.4 Å². The van der Waals surface area contributed by atoms with Crippen LogP contribution in [0.2, 0.25) is 0 Å². The molecule has 58 heavy (non-hydrogen) atoms. The van der Waals surface area contributed by atoms with E-state index in [2.05, 4.69) is 200 Å². The van der Waals surface area contributed by atoms with Crippen LogP contribution in [-0.2, 0) is 0 Å². The summed E-state index contributed by atoms with van der Waals surface area (Å²) in [5.74, 6) is 1.72. The van der Waals surface area contributed by atoms with Gasteiger partial charge in [0.1, 0.15) is 6.17 Å². The summed E-state index contributed by atoms with van der Waals surface area (Å²) in [4.78, 5) is 5.81. The molecule has 0 bridgehead atoms. The first-order valence-corrected chi connectivity index (χ1v) is 21.3. The van der Waals surface area contributed by atoms with Crippen LogP contribution in [0, 0.1) is 29.6 Å². The van der Waals surface area contributed by atoms with E-state index in [4.69, 9.17) is 4.99 Å². The van der Waals surface area contributed by atoms with Gasteiger partial charge in [0.15, 0.2) is 0 Å². The average Bonchev–Trinajstić information content (AvgIpc) is 3.31. The van der Waals surface area contributed by atoms with Gasteiger partial charge in [-0.2, -0.15) is 0 Å². The molecule has 0 fully saturated rings. The van der Waals surface area contributed by atoms with Crippen molar-refractivity contribution in [3.8, 4) is 0 Å². The normalized spacial score (nSPS) is 28.8. The van der Waals surface area contributed by atoms with Crippen molar-refractivity contribution < 1.29 is 0 Å². The number of nitrogens with one attached hydrogen (secondary N) is 1. The van der Waals surface area contributed by atoms with Gasteiger partial charge < -0.3 is 5.32 Å². The van der Waals surface area contributed by atoms with Gasteiger partial charge in [-0.05, 0) is 93.7 Å². The number of benzene rings is 3. The van der Waals surface area contributed by atoms with Gasteiger partial charge in [-0.1, -0.05) is 188 Å². The minimum absolute atomic E-state index is 0.127.